The fourth-order valence-electron chi connectivity index (χ4n) is 2.51. The highest BCUT2D eigenvalue weighted by Crippen LogP contribution is 2.20. The van der Waals surface area contributed by atoms with Gasteiger partial charge in [-0.3, -0.25) is 0 Å². The molecule has 0 amide bonds. The van der Waals surface area contributed by atoms with E-state index in [-0.39, 0.29) is 0 Å². The number of hydrogen-bond donors (Lipinski definition) is 1. The van der Waals surface area contributed by atoms with Crippen molar-refractivity contribution in [3.63, 3.8) is 0 Å². The SMILES string of the molecule is CC(C)NCc1nc(OCC2CCCCN2C)ccc1Cl. The maximum Gasteiger partial charge on any atom is 0.213 e. The van der Waals surface area contributed by atoms with Gasteiger partial charge in [0.1, 0.15) is 6.61 Å². The largest absolute Gasteiger partial charge is 0.476 e. The van der Waals surface area contributed by atoms with Crippen LogP contribution in [-0.4, -0.2) is 42.2 Å². The molecule has 2 heterocycles. The fraction of sp³-hybridized carbons (Fsp3) is 0.688. The fourth-order valence-corrected chi connectivity index (χ4v) is 2.68. The van der Waals surface area contributed by atoms with Crippen LogP contribution in [0.15, 0.2) is 12.1 Å². The quantitative estimate of drug-likeness (QED) is 0.876. The first kappa shape index (κ1) is 16.5. The minimum Gasteiger partial charge on any atom is -0.476 e. The van der Waals surface area contributed by atoms with E-state index in [1.54, 1.807) is 0 Å². The minimum atomic E-state index is 0.406. The van der Waals surface area contributed by atoms with Gasteiger partial charge in [-0.25, -0.2) is 4.98 Å². The molecule has 0 bridgehead atoms. The Morgan fingerprint density at radius 3 is 2.95 bits per heavy atom. The summed E-state index contributed by atoms with van der Waals surface area (Å²) in [5, 5.41) is 4.02. The molecule has 5 heteroatoms. The Bertz CT molecular complexity index is 453. The van der Waals surface area contributed by atoms with Crippen molar-refractivity contribution in [1.82, 2.24) is 15.2 Å². The summed E-state index contributed by atoms with van der Waals surface area (Å²) >= 11 is 6.19. The van der Waals surface area contributed by atoms with Crippen LogP contribution in [0.4, 0.5) is 0 Å². The van der Waals surface area contributed by atoms with Gasteiger partial charge in [-0.2, -0.15) is 0 Å². The first-order chi connectivity index (χ1) is 10.1. The summed E-state index contributed by atoms with van der Waals surface area (Å²) in [6, 6.07) is 4.62. The number of nitrogens with zero attached hydrogens (tertiary/aromatic N) is 2. The van der Waals surface area contributed by atoms with Crippen molar-refractivity contribution in [3.8, 4) is 5.88 Å². The number of likely N-dealkylation sites (tertiary alicyclic amines) is 1. The second-order valence-electron chi connectivity index (χ2n) is 6.05. The lowest BCUT2D eigenvalue weighted by molar-refractivity contribution is 0.122. The first-order valence-corrected chi connectivity index (χ1v) is 8.16. The number of likely N-dealkylation sites (N-methyl/N-ethyl adjacent to an activating group) is 1. The smallest absolute Gasteiger partial charge is 0.213 e. The molecular formula is C16H26ClN3O. The molecule has 1 aromatic rings. The van der Waals surface area contributed by atoms with E-state index in [0.29, 0.717) is 36.1 Å². The Hall–Kier alpha value is -0.840. The van der Waals surface area contributed by atoms with E-state index in [1.165, 1.54) is 19.3 Å². The van der Waals surface area contributed by atoms with E-state index in [1.807, 2.05) is 12.1 Å². The van der Waals surface area contributed by atoms with E-state index in [4.69, 9.17) is 16.3 Å². The van der Waals surface area contributed by atoms with Gasteiger partial charge in [-0.1, -0.05) is 31.9 Å². The summed E-state index contributed by atoms with van der Waals surface area (Å²) < 4.78 is 5.88. The molecule has 0 saturated carbocycles. The van der Waals surface area contributed by atoms with E-state index >= 15 is 0 Å². The maximum absolute atomic E-state index is 6.19. The number of pyridine rings is 1. The van der Waals surface area contributed by atoms with Crippen molar-refractivity contribution in [2.75, 3.05) is 20.2 Å². The maximum atomic E-state index is 6.19. The summed E-state index contributed by atoms with van der Waals surface area (Å²) in [5.41, 5.74) is 0.847. The molecule has 1 saturated heterocycles. The molecule has 1 fully saturated rings. The molecule has 0 spiro atoms. The average Bonchev–Trinajstić information content (AvgIpc) is 2.46. The summed E-state index contributed by atoms with van der Waals surface area (Å²) in [6.45, 7) is 6.73. The predicted molar refractivity (Wildman–Crippen MR) is 87.0 cm³/mol. The van der Waals surface area contributed by atoms with E-state index in [0.717, 1.165) is 12.2 Å². The summed E-state index contributed by atoms with van der Waals surface area (Å²) in [6.07, 6.45) is 3.78. The lowest BCUT2D eigenvalue weighted by atomic mass is 10.0. The van der Waals surface area contributed by atoms with Gasteiger partial charge in [0, 0.05) is 24.7 Å². The normalized spacial score (nSPS) is 20.0. The van der Waals surface area contributed by atoms with Gasteiger partial charge in [0.15, 0.2) is 0 Å². The number of rotatable bonds is 6. The number of aromatic nitrogens is 1. The number of ether oxygens (including phenoxy) is 1. The topological polar surface area (TPSA) is 37.4 Å². The van der Waals surface area contributed by atoms with Gasteiger partial charge in [0.05, 0.1) is 10.7 Å². The zero-order chi connectivity index (χ0) is 15.2. The third-order valence-electron chi connectivity index (χ3n) is 3.92. The lowest BCUT2D eigenvalue weighted by Crippen LogP contribution is -2.40. The van der Waals surface area contributed by atoms with Crippen LogP contribution < -0.4 is 10.1 Å². The lowest BCUT2D eigenvalue weighted by Gasteiger charge is -2.32. The van der Waals surface area contributed by atoms with E-state index in [2.05, 4.69) is 36.1 Å². The number of hydrogen-bond acceptors (Lipinski definition) is 4. The predicted octanol–water partition coefficient (Wildman–Crippen LogP) is 3.10. The van der Waals surface area contributed by atoms with Crippen LogP contribution in [0.2, 0.25) is 5.02 Å². The average molecular weight is 312 g/mol. The second-order valence-corrected chi connectivity index (χ2v) is 6.46. The first-order valence-electron chi connectivity index (χ1n) is 7.78. The van der Waals surface area contributed by atoms with Gasteiger partial charge in [0.2, 0.25) is 5.88 Å². The van der Waals surface area contributed by atoms with Gasteiger partial charge in [-0.05, 0) is 32.5 Å². The van der Waals surface area contributed by atoms with Crippen molar-refractivity contribution in [1.29, 1.82) is 0 Å². The molecule has 1 N–H and O–H groups in total. The van der Waals surface area contributed by atoms with Gasteiger partial charge in [0.25, 0.3) is 0 Å². The molecule has 1 aliphatic heterocycles. The Kier molecular flexibility index (Phi) is 6.27. The van der Waals surface area contributed by atoms with Crippen LogP contribution in [0.5, 0.6) is 5.88 Å². The Balaban J connectivity index is 1.92. The summed E-state index contributed by atoms with van der Waals surface area (Å²) in [7, 11) is 2.17. The third-order valence-corrected chi connectivity index (χ3v) is 4.26. The molecule has 0 aromatic carbocycles. The molecule has 0 aliphatic carbocycles. The van der Waals surface area contributed by atoms with Crippen LogP contribution in [0, 0.1) is 0 Å². The monoisotopic (exact) mass is 311 g/mol. The number of nitrogens with one attached hydrogen (secondary N) is 1. The van der Waals surface area contributed by atoms with Crippen molar-refractivity contribution in [2.24, 2.45) is 0 Å². The van der Waals surface area contributed by atoms with Crippen molar-refractivity contribution < 1.29 is 4.74 Å². The number of halogens is 1. The second kappa shape index (κ2) is 7.97. The van der Waals surface area contributed by atoms with Gasteiger partial charge < -0.3 is 15.0 Å². The van der Waals surface area contributed by atoms with Crippen LogP contribution in [-0.2, 0) is 6.54 Å². The zero-order valence-electron chi connectivity index (χ0n) is 13.2. The van der Waals surface area contributed by atoms with Crippen molar-refractivity contribution in [3.05, 3.63) is 22.8 Å². The Morgan fingerprint density at radius 1 is 1.43 bits per heavy atom. The molecule has 1 atom stereocenters. The molecule has 21 heavy (non-hydrogen) atoms. The van der Waals surface area contributed by atoms with Crippen molar-refractivity contribution >= 4 is 11.6 Å². The third kappa shape index (κ3) is 5.13. The molecule has 1 unspecified atom stereocenters. The summed E-state index contributed by atoms with van der Waals surface area (Å²) in [4.78, 5) is 6.89. The number of piperidine rings is 1. The standard InChI is InChI=1S/C16H26ClN3O/c1-12(2)18-10-15-14(17)7-8-16(19-15)21-11-13-6-4-5-9-20(13)3/h7-8,12-13,18H,4-6,9-11H2,1-3H3. The van der Waals surface area contributed by atoms with Gasteiger partial charge >= 0.3 is 0 Å². The molecule has 1 aliphatic rings. The highest BCUT2D eigenvalue weighted by Gasteiger charge is 2.19. The molecule has 2 rings (SSSR count). The van der Waals surface area contributed by atoms with E-state index < -0.39 is 0 Å². The molecule has 4 nitrogen and oxygen atoms in total. The van der Waals surface area contributed by atoms with Crippen LogP contribution in [0.3, 0.4) is 0 Å². The van der Waals surface area contributed by atoms with Crippen LogP contribution in [0.25, 0.3) is 0 Å². The van der Waals surface area contributed by atoms with E-state index in [9.17, 15) is 0 Å². The van der Waals surface area contributed by atoms with Crippen LogP contribution >= 0.6 is 11.6 Å². The molecular weight excluding hydrogens is 286 g/mol. The molecule has 1 aromatic heterocycles. The molecule has 0 radical (unpaired) electrons. The molecule has 118 valence electrons. The highest BCUT2D eigenvalue weighted by atomic mass is 35.5. The Morgan fingerprint density at radius 2 is 2.24 bits per heavy atom. The zero-order valence-corrected chi connectivity index (χ0v) is 14.0. The van der Waals surface area contributed by atoms with Crippen LogP contribution in [0.1, 0.15) is 38.8 Å². The Labute approximate surface area is 132 Å². The summed E-state index contributed by atoms with van der Waals surface area (Å²) in [5.74, 6) is 0.666. The minimum absolute atomic E-state index is 0.406. The van der Waals surface area contributed by atoms with Crippen molar-refractivity contribution in [2.45, 2.75) is 51.7 Å². The van der Waals surface area contributed by atoms with Gasteiger partial charge in [-0.15, -0.1) is 0 Å². The highest BCUT2D eigenvalue weighted by molar-refractivity contribution is 6.31.